The van der Waals surface area contributed by atoms with Gasteiger partial charge in [-0.15, -0.1) is 0 Å². The van der Waals surface area contributed by atoms with Gasteiger partial charge in [0.05, 0.1) is 5.56 Å². The molecule has 0 spiro atoms. The lowest BCUT2D eigenvalue weighted by molar-refractivity contribution is 0.0896. The molecule has 1 aromatic rings. The van der Waals surface area contributed by atoms with Gasteiger partial charge in [0, 0.05) is 11.4 Å². The molecule has 2 nitrogen and oxygen atoms in total. The Morgan fingerprint density at radius 3 is 2.53 bits per heavy atom. The van der Waals surface area contributed by atoms with Crippen molar-refractivity contribution in [3.8, 4) is 0 Å². The number of hydrogen-bond donors (Lipinski definition) is 1. The SMILES string of the molecule is CC(C)(C)C(CCBr)NC(=O)c1cc(F)ccc1F. The molecule has 0 aliphatic carbocycles. The summed E-state index contributed by atoms with van der Waals surface area (Å²) in [5, 5.41) is 3.49. The molecule has 1 aromatic carbocycles. The molecule has 106 valence electrons. The first-order chi connectivity index (χ1) is 8.75. The molecule has 0 aliphatic heterocycles. The lowest BCUT2D eigenvalue weighted by atomic mass is 9.85. The fourth-order valence-electron chi connectivity index (χ4n) is 1.74. The van der Waals surface area contributed by atoms with E-state index in [0.29, 0.717) is 6.42 Å². The van der Waals surface area contributed by atoms with E-state index < -0.39 is 17.5 Å². The number of amides is 1. The molecular weight excluding hydrogens is 316 g/mol. The summed E-state index contributed by atoms with van der Waals surface area (Å²) in [6.45, 7) is 5.97. The average Bonchev–Trinajstić information content (AvgIpc) is 2.30. The van der Waals surface area contributed by atoms with E-state index in [-0.39, 0.29) is 17.0 Å². The van der Waals surface area contributed by atoms with E-state index in [0.717, 1.165) is 23.5 Å². The number of nitrogens with one attached hydrogen (secondary N) is 1. The molecule has 0 radical (unpaired) electrons. The Morgan fingerprint density at radius 1 is 1.37 bits per heavy atom. The summed E-state index contributed by atoms with van der Waals surface area (Å²) in [5.74, 6) is -1.93. The minimum atomic E-state index is -0.717. The smallest absolute Gasteiger partial charge is 0.254 e. The number of halogens is 3. The van der Waals surface area contributed by atoms with Crippen molar-refractivity contribution in [2.75, 3.05) is 5.33 Å². The first-order valence-electron chi connectivity index (χ1n) is 6.07. The summed E-state index contributed by atoms with van der Waals surface area (Å²) in [4.78, 5) is 12.0. The molecule has 0 saturated carbocycles. The van der Waals surface area contributed by atoms with Crippen LogP contribution in [0.25, 0.3) is 0 Å². The Labute approximate surface area is 120 Å². The maximum absolute atomic E-state index is 13.5. The van der Waals surface area contributed by atoms with Gasteiger partial charge >= 0.3 is 0 Å². The predicted octanol–water partition coefficient (Wildman–Crippen LogP) is 3.89. The zero-order chi connectivity index (χ0) is 14.6. The van der Waals surface area contributed by atoms with Gasteiger partial charge in [-0.05, 0) is 30.0 Å². The van der Waals surface area contributed by atoms with Crippen molar-refractivity contribution in [2.24, 2.45) is 5.41 Å². The highest BCUT2D eigenvalue weighted by Crippen LogP contribution is 2.23. The number of carbonyl (C=O) groups is 1. The monoisotopic (exact) mass is 333 g/mol. The molecule has 1 atom stereocenters. The van der Waals surface area contributed by atoms with E-state index in [9.17, 15) is 13.6 Å². The van der Waals surface area contributed by atoms with Crippen LogP contribution in [-0.4, -0.2) is 17.3 Å². The second-order valence-electron chi connectivity index (χ2n) is 5.49. The van der Waals surface area contributed by atoms with Crippen LogP contribution in [0.5, 0.6) is 0 Å². The highest BCUT2D eigenvalue weighted by atomic mass is 79.9. The largest absolute Gasteiger partial charge is 0.349 e. The molecule has 1 unspecified atom stereocenters. The summed E-state index contributed by atoms with van der Waals surface area (Å²) < 4.78 is 26.6. The van der Waals surface area contributed by atoms with Gasteiger partial charge in [-0.2, -0.15) is 0 Å². The van der Waals surface area contributed by atoms with Gasteiger partial charge in [0.1, 0.15) is 11.6 Å². The lowest BCUT2D eigenvalue weighted by Gasteiger charge is -2.31. The highest BCUT2D eigenvalue weighted by Gasteiger charge is 2.26. The van der Waals surface area contributed by atoms with Gasteiger partial charge in [0.2, 0.25) is 0 Å². The first kappa shape index (κ1) is 16.1. The highest BCUT2D eigenvalue weighted by molar-refractivity contribution is 9.09. The molecule has 0 bridgehead atoms. The Bertz CT molecular complexity index is 457. The van der Waals surface area contributed by atoms with Crippen LogP contribution < -0.4 is 5.32 Å². The molecular formula is C14H18BrF2NO. The number of hydrogen-bond acceptors (Lipinski definition) is 1. The summed E-state index contributed by atoms with van der Waals surface area (Å²) in [6, 6.07) is 2.74. The van der Waals surface area contributed by atoms with Crippen molar-refractivity contribution in [1.29, 1.82) is 0 Å². The van der Waals surface area contributed by atoms with Crippen molar-refractivity contribution >= 4 is 21.8 Å². The third-order valence-corrected chi connectivity index (χ3v) is 3.38. The Balaban J connectivity index is 2.91. The fourth-order valence-corrected chi connectivity index (χ4v) is 2.20. The van der Waals surface area contributed by atoms with E-state index in [2.05, 4.69) is 21.2 Å². The standard InChI is InChI=1S/C14H18BrF2NO/c1-14(2,3)12(6-7-15)18-13(19)10-8-9(16)4-5-11(10)17/h4-5,8,12H,6-7H2,1-3H3,(H,18,19). The third-order valence-electron chi connectivity index (χ3n) is 2.92. The summed E-state index contributed by atoms with van der Waals surface area (Å²) in [7, 11) is 0. The van der Waals surface area contributed by atoms with Crippen LogP contribution in [-0.2, 0) is 0 Å². The van der Waals surface area contributed by atoms with Gasteiger partial charge in [0.25, 0.3) is 5.91 Å². The van der Waals surface area contributed by atoms with Crippen LogP contribution in [0.3, 0.4) is 0 Å². The maximum atomic E-state index is 13.5. The number of alkyl halides is 1. The normalized spacial score (nSPS) is 13.2. The van der Waals surface area contributed by atoms with E-state index in [1.165, 1.54) is 0 Å². The van der Waals surface area contributed by atoms with Crippen LogP contribution in [0.4, 0.5) is 8.78 Å². The molecule has 0 aromatic heterocycles. The van der Waals surface area contributed by atoms with E-state index >= 15 is 0 Å². The Morgan fingerprint density at radius 2 is 2.00 bits per heavy atom. The molecule has 1 amide bonds. The van der Waals surface area contributed by atoms with Crippen LogP contribution in [0.2, 0.25) is 0 Å². The second kappa shape index (κ2) is 6.46. The molecule has 0 heterocycles. The molecule has 0 aliphatic rings. The van der Waals surface area contributed by atoms with E-state index in [4.69, 9.17) is 0 Å². The second-order valence-corrected chi connectivity index (χ2v) is 6.29. The van der Waals surface area contributed by atoms with Crippen LogP contribution in [0.15, 0.2) is 18.2 Å². The van der Waals surface area contributed by atoms with Crippen molar-refractivity contribution in [1.82, 2.24) is 5.32 Å². The molecule has 5 heteroatoms. The number of rotatable bonds is 4. The van der Waals surface area contributed by atoms with Crippen molar-refractivity contribution in [2.45, 2.75) is 33.2 Å². The predicted molar refractivity (Wildman–Crippen MR) is 75.5 cm³/mol. The minimum absolute atomic E-state index is 0.123. The molecule has 0 fully saturated rings. The van der Waals surface area contributed by atoms with Gasteiger partial charge in [-0.25, -0.2) is 8.78 Å². The molecule has 1 N–H and O–H groups in total. The van der Waals surface area contributed by atoms with Crippen molar-refractivity contribution in [3.05, 3.63) is 35.4 Å². The van der Waals surface area contributed by atoms with Crippen molar-refractivity contribution in [3.63, 3.8) is 0 Å². The number of benzene rings is 1. The Kier molecular flexibility index (Phi) is 5.47. The summed E-state index contributed by atoms with van der Waals surface area (Å²) in [5.41, 5.74) is -0.420. The fraction of sp³-hybridized carbons (Fsp3) is 0.500. The zero-order valence-electron chi connectivity index (χ0n) is 11.3. The van der Waals surface area contributed by atoms with Gasteiger partial charge < -0.3 is 5.32 Å². The van der Waals surface area contributed by atoms with Gasteiger partial charge in [0.15, 0.2) is 0 Å². The minimum Gasteiger partial charge on any atom is -0.349 e. The topological polar surface area (TPSA) is 29.1 Å². The van der Waals surface area contributed by atoms with Crippen LogP contribution >= 0.6 is 15.9 Å². The van der Waals surface area contributed by atoms with E-state index in [1.807, 2.05) is 20.8 Å². The zero-order valence-corrected chi connectivity index (χ0v) is 12.9. The van der Waals surface area contributed by atoms with Crippen LogP contribution in [0.1, 0.15) is 37.6 Å². The summed E-state index contributed by atoms with van der Waals surface area (Å²) >= 11 is 3.33. The van der Waals surface area contributed by atoms with E-state index in [1.54, 1.807) is 0 Å². The summed E-state index contributed by atoms with van der Waals surface area (Å²) in [6.07, 6.45) is 0.714. The molecule has 0 saturated heterocycles. The first-order valence-corrected chi connectivity index (χ1v) is 7.19. The Hall–Kier alpha value is -0.970. The van der Waals surface area contributed by atoms with Crippen LogP contribution in [0, 0.1) is 17.0 Å². The third kappa shape index (κ3) is 4.56. The van der Waals surface area contributed by atoms with Gasteiger partial charge in [-0.1, -0.05) is 36.7 Å². The molecule has 19 heavy (non-hydrogen) atoms. The molecule has 1 rings (SSSR count). The maximum Gasteiger partial charge on any atom is 0.254 e. The lowest BCUT2D eigenvalue weighted by Crippen LogP contribution is -2.44. The average molecular weight is 334 g/mol. The van der Waals surface area contributed by atoms with Gasteiger partial charge in [-0.3, -0.25) is 4.79 Å². The number of carbonyl (C=O) groups excluding carboxylic acids is 1. The van der Waals surface area contributed by atoms with Crippen molar-refractivity contribution < 1.29 is 13.6 Å². The quantitative estimate of drug-likeness (QED) is 0.832.